The molecule has 0 spiro atoms. The molecule has 0 aliphatic carbocycles. The van der Waals surface area contributed by atoms with E-state index < -0.39 is 0 Å². The van der Waals surface area contributed by atoms with E-state index in [1.54, 1.807) is 12.4 Å². The van der Waals surface area contributed by atoms with E-state index in [-0.39, 0.29) is 64.2 Å². The molecule has 20 nitrogen and oxygen atoms in total. The molecule has 0 bridgehead atoms. The summed E-state index contributed by atoms with van der Waals surface area (Å²) in [5.41, 5.74) is 0. The fourth-order valence-corrected chi connectivity index (χ4v) is 0.762. The van der Waals surface area contributed by atoms with E-state index in [2.05, 4.69) is 56.5 Å². The third kappa shape index (κ3) is 22.6. The Hall–Kier alpha value is -3.44. The molecule has 0 aliphatic heterocycles. The van der Waals surface area contributed by atoms with E-state index in [4.69, 9.17) is 10.1 Å². The standard InChI is InChI=1S/C5H5N.C2N10.Co.HNO2.4H3N.2H2O/c1-2-4-6-5-3-1;3(1-5-9-10-6-1)4-2-7-11-12-8-2;;2-1-3;;;;;;/h1-5H;;;(H,2,3);4*1H3;2*1H2/q;-2;+3;;;;;;;/p-1/b;4-3+;;;;;;;;. The van der Waals surface area contributed by atoms with Gasteiger partial charge >= 0.3 is 16.8 Å². The molecule has 0 saturated heterocycles. The minimum absolute atomic E-state index is 0. The Balaban J connectivity index is -0.0000000489. The van der Waals surface area contributed by atoms with Crippen LogP contribution in [0.5, 0.6) is 0 Å². The number of nitrogens with zero attached hydrogens (tertiary/aromatic N) is 12. The normalized spacial score (nSPS) is 6.86. The molecule has 3 aromatic heterocycles. The van der Waals surface area contributed by atoms with Gasteiger partial charge in [-0.15, -0.1) is 15.8 Å². The van der Waals surface area contributed by atoms with E-state index >= 15 is 0 Å². The number of aromatic nitrogens is 9. The summed E-state index contributed by atoms with van der Waals surface area (Å²) in [5, 5.41) is 42.3. The smallest absolute Gasteiger partial charge is 0.444 e. The Morgan fingerprint density at radius 3 is 1.32 bits per heavy atom. The molecule has 0 atom stereocenters. The topological polar surface area (TPSA) is 399 Å². The van der Waals surface area contributed by atoms with Crippen LogP contribution in [0.25, 0.3) is 0 Å². The van der Waals surface area contributed by atoms with Crippen LogP contribution < -0.4 is 34.8 Å². The van der Waals surface area contributed by atoms with Crippen LogP contribution in [0.4, 0.5) is 11.9 Å². The molecule has 0 fully saturated rings. The first kappa shape index (κ1) is 44.2. The van der Waals surface area contributed by atoms with Gasteiger partial charge in [-0.05, 0) is 12.1 Å². The van der Waals surface area contributed by atoms with Crippen molar-refractivity contribution < 1.29 is 27.7 Å². The molecule has 162 valence electrons. The fraction of sp³-hybridized carbons (Fsp3) is 0. The Morgan fingerprint density at radius 1 is 0.786 bits per heavy atom. The molecule has 0 saturated carbocycles. The largest absolute Gasteiger partial charge is 3.00 e. The molecule has 0 aliphatic rings. The van der Waals surface area contributed by atoms with Crippen molar-refractivity contribution in [1.29, 1.82) is 0 Å². The minimum atomic E-state index is 0. The van der Waals surface area contributed by atoms with E-state index in [1.807, 2.05) is 18.2 Å². The van der Waals surface area contributed by atoms with Crippen LogP contribution in [-0.4, -0.2) is 47.0 Å². The van der Waals surface area contributed by atoms with Crippen LogP contribution in [0.15, 0.2) is 46.2 Å². The summed E-state index contributed by atoms with van der Waals surface area (Å²) in [6.07, 6.45) is 3.50. The van der Waals surface area contributed by atoms with Gasteiger partial charge in [-0.2, -0.15) is 10.4 Å². The first-order valence-electron chi connectivity index (χ1n) is 4.96. The summed E-state index contributed by atoms with van der Waals surface area (Å²) in [6, 6.07) is 5.72. The van der Waals surface area contributed by atoms with Crippen LogP contribution in [0, 0.1) is 10.1 Å². The van der Waals surface area contributed by atoms with E-state index in [1.165, 1.54) is 0 Å². The van der Waals surface area contributed by atoms with Crippen molar-refractivity contribution in [2.75, 3.05) is 0 Å². The molecule has 0 radical (unpaired) electrons. The Kier molecular flexibility index (Phi) is 49.5. The molecule has 3 rings (SSSR count). The van der Waals surface area contributed by atoms with Crippen molar-refractivity contribution in [2.24, 2.45) is 15.6 Å². The number of pyridine rings is 1. The molecule has 3 heterocycles. The molecule has 0 aromatic carbocycles. The van der Waals surface area contributed by atoms with Crippen molar-refractivity contribution in [1.82, 2.24) is 70.8 Å². The van der Waals surface area contributed by atoms with E-state index in [9.17, 15) is 0 Å². The average molecular weight is 452 g/mol. The first-order valence-corrected chi connectivity index (χ1v) is 4.96. The van der Waals surface area contributed by atoms with Gasteiger partial charge in [0.15, 0.2) is 0 Å². The maximum atomic E-state index is 8.00. The zero-order chi connectivity index (χ0) is 15.2. The van der Waals surface area contributed by atoms with Gasteiger partial charge in [0, 0.05) is 12.4 Å². The van der Waals surface area contributed by atoms with Crippen LogP contribution in [0.3, 0.4) is 0 Å². The summed E-state index contributed by atoms with van der Waals surface area (Å²) < 4.78 is 0. The second-order valence-corrected chi connectivity index (χ2v) is 2.66. The monoisotopic (exact) mass is 452 g/mol. The summed E-state index contributed by atoms with van der Waals surface area (Å²) in [7, 11) is 0. The maximum Gasteiger partial charge on any atom is 3.00 e. The van der Waals surface area contributed by atoms with Gasteiger partial charge in [0.05, 0.1) is 0 Å². The fourth-order valence-electron chi connectivity index (χ4n) is 0.762. The van der Waals surface area contributed by atoms with Gasteiger partial charge < -0.3 is 45.7 Å². The molecular formula is C7H21CoN16O4. The molecule has 0 unspecified atom stereocenters. The zero-order valence-electron chi connectivity index (χ0n) is 14.2. The van der Waals surface area contributed by atoms with Crippen LogP contribution in [0.2, 0.25) is 0 Å². The summed E-state index contributed by atoms with van der Waals surface area (Å²) >= 11 is 0. The molecule has 16 N–H and O–H groups in total. The predicted molar refractivity (Wildman–Crippen MR) is 91.2 cm³/mol. The second-order valence-electron chi connectivity index (χ2n) is 2.66. The summed E-state index contributed by atoms with van der Waals surface area (Å²) in [6.45, 7) is 0. The number of hydrogen-bond acceptors (Lipinski definition) is 16. The van der Waals surface area contributed by atoms with E-state index in [0.717, 1.165) is 5.34 Å². The second kappa shape index (κ2) is 31.3. The number of azo groups is 1. The average Bonchev–Trinajstić information content (AvgIpc) is 3.22. The number of hydrogen-bond donors (Lipinski definition) is 4. The van der Waals surface area contributed by atoms with Crippen LogP contribution >= 0.6 is 0 Å². The number of tetrazole rings is 2. The van der Waals surface area contributed by atoms with Crippen molar-refractivity contribution in [2.45, 2.75) is 0 Å². The summed E-state index contributed by atoms with van der Waals surface area (Å²) in [4.78, 5) is 11.8. The third-order valence-corrected chi connectivity index (χ3v) is 1.41. The van der Waals surface area contributed by atoms with Crippen LogP contribution in [-0.2, 0) is 16.8 Å². The van der Waals surface area contributed by atoms with Gasteiger partial charge in [-0.1, -0.05) is 6.07 Å². The quantitative estimate of drug-likeness (QED) is 0.199. The van der Waals surface area contributed by atoms with Crippen LogP contribution in [0.1, 0.15) is 0 Å². The predicted octanol–water partition coefficient (Wildman–Crippen LogP) is -1.29. The van der Waals surface area contributed by atoms with Crippen molar-refractivity contribution in [3.05, 3.63) is 40.7 Å². The Labute approximate surface area is 167 Å². The third-order valence-electron chi connectivity index (χ3n) is 1.41. The summed E-state index contributed by atoms with van der Waals surface area (Å²) in [5.74, 6) is 0.0830. The van der Waals surface area contributed by atoms with Gasteiger partial charge in [0.1, 0.15) is 11.9 Å². The van der Waals surface area contributed by atoms with E-state index in [0.29, 0.717) is 0 Å². The minimum Gasteiger partial charge on any atom is -0.444 e. The molecule has 21 heteroatoms. The van der Waals surface area contributed by atoms with Gasteiger partial charge in [-0.25, -0.2) is 10.2 Å². The molecular weight excluding hydrogens is 431 g/mol. The van der Waals surface area contributed by atoms with Crippen molar-refractivity contribution in [3.63, 3.8) is 0 Å². The maximum absolute atomic E-state index is 8.00. The molecule has 28 heavy (non-hydrogen) atoms. The zero-order valence-corrected chi connectivity index (χ0v) is 15.3. The Bertz CT molecular complexity index is 546. The molecule has 3 aromatic rings. The Morgan fingerprint density at radius 2 is 1.14 bits per heavy atom. The van der Waals surface area contributed by atoms with Crippen molar-refractivity contribution in [3.8, 4) is 0 Å². The van der Waals surface area contributed by atoms with Gasteiger partial charge in [0.25, 0.3) is 0 Å². The van der Waals surface area contributed by atoms with Gasteiger partial charge in [-0.3, -0.25) is 25.4 Å². The van der Waals surface area contributed by atoms with Crippen molar-refractivity contribution >= 4 is 11.9 Å². The SMILES string of the molecule is N.N.N.N.N(=N\c1nnn[n-]1)/c1nnn[n-]1.O.O.O=N[O-].[Co+3].c1ccncc1. The number of rotatable bonds is 2. The van der Waals surface area contributed by atoms with Gasteiger partial charge in [0.2, 0.25) is 0 Å². The first-order chi connectivity index (χ1) is 10.4. The molecule has 0 amide bonds.